The van der Waals surface area contributed by atoms with Crippen molar-refractivity contribution in [3.8, 4) is 0 Å². The Labute approximate surface area is 108 Å². The average molecular weight is 275 g/mol. The minimum Gasteiger partial charge on any atom is -0.409 e. The van der Waals surface area contributed by atoms with E-state index in [2.05, 4.69) is 5.16 Å². The van der Waals surface area contributed by atoms with Crippen LogP contribution in [0, 0.1) is 0 Å². The van der Waals surface area contributed by atoms with Crippen molar-refractivity contribution in [1.82, 2.24) is 0 Å². The van der Waals surface area contributed by atoms with Gasteiger partial charge in [-0.1, -0.05) is 11.2 Å². The van der Waals surface area contributed by atoms with Gasteiger partial charge in [-0.3, -0.25) is 0 Å². The molecule has 3 N–H and O–H groups in total. The van der Waals surface area contributed by atoms with Crippen LogP contribution in [0.5, 0.6) is 0 Å². The summed E-state index contributed by atoms with van der Waals surface area (Å²) < 4.78 is 24.8. The number of halogens is 2. The molecule has 0 radical (unpaired) electrons. The van der Waals surface area contributed by atoms with Gasteiger partial charge in [0.25, 0.3) is 6.43 Å². The van der Waals surface area contributed by atoms with Crippen LogP contribution in [0.4, 0.5) is 14.5 Å². The number of amidine groups is 1. The van der Waals surface area contributed by atoms with Crippen molar-refractivity contribution >= 4 is 23.3 Å². The van der Waals surface area contributed by atoms with Gasteiger partial charge in [-0.05, 0) is 18.4 Å². The summed E-state index contributed by atoms with van der Waals surface area (Å²) >= 11 is 1.40. The summed E-state index contributed by atoms with van der Waals surface area (Å²) in [6, 6.07) is 5.20. The van der Waals surface area contributed by atoms with Gasteiger partial charge in [-0.25, -0.2) is 8.78 Å². The Hall–Kier alpha value is -1.50. The number of benzene rings is 1. The van der Waals surface area contributed by atoms with E-state index < -0.39 is 13.0 Å². The lowest BCUT2D eigenvalue weighted by atomic mass is 10.1. The lowest BCUT2D eigenvalue weighted by molar-refractivity contribution is 0.156. The topological polar surface area (TPSA) is 61.8 Å². The van der Waals surface area contributed by atoms with Crippen molar-refractivity contribution < 1.29 is 14.0 Å². The van der Waals surface area contributed by atoms with Crippen LogP contribution in [0.2, 0.25) is 0 Å². The van der Waals surface area contributed by atoms with Crippen molar-refractivity contribution in [3.63, 3.8) is 0 Å². The Kier molecular flexibility index (Phi) is 5.21. The minimum absolute atomic E-state index is 0.0870. The lowest BCUT2D eigenvalue weighted by Gasteiger charge is -2.23. The molecule has 1 aromatic carbocycles. The molecule has 0 bridgehead atoms. The predicted molar refractivity (Wildman–Crippen MR) is 70.0 cm³/mol. The van der Waals surface area contributed by atoms with Crippen molar-refractivity contribution in [2.45, 2.75) is 11.3 Å². The van der Waals surface area contributed by atoms with E-state index in [-0.39, 0.29) is 5.84 Å². The number of thioether (sulfide) groups is 1. The molecule has 0 saturated carbocycles. The number of rotatable bonds is 5. The lowest BCUT2D eigenvalue weighted by Crippen LogP contribution is -2.27. The highest BCUT2D eigenvalue weighted by Gasteiger charge is 2.17. The number of hydrogen-bond donors (Lipinski definition) is 2. The van der Waals surface area contributed by atoms with Crippen LogP contribution >= 0.6 is 11.8 Å². The molecule has 1 aromatic rings. The number of nitrogens with zero attached hydrogens (tertiary/aromatic N) is 2. The molecule has 0 aliphatic heterocycles. The largest absolute Gasteiger partial charge is 0.409 e. The number of hydrogen-bond acceptors (Lipinski definition) is 4. The zero-order valence-corrected chi connectivity index (χ0v) is 10.9. The average Bonchev–Trinajstić information content (AvgIpc) is 2.35. The molecule has 0 aliphatic carbocycles. The summed E-state index contributed by atoms with van der Waals surface area (Å²) in [7, 11) is 1.54. The highest BCUT2D eigenvalue weighted by molar-refractivity contribution is 7.98. The number of nitrogens with two attached hydrogens (primary N) is 1. The first-order chi connectivity index (χ1) is 8.51. The van der Waals surface area contributed by atoms with Crippen molar-refractivity contribution in [2.24, 2.45) is 10.9 Å². The van der Waals surface area contributed by atoms with E-state index in [0.717, 1.165) is 4.90 Å². The van der Waals surface area contributed by atoms with E-state index in [9.17, 15) is 8.78 Å². The van der Waals surface area contributed by atoms with E-state index in [1.54, 1.807) is 25.2 Å². The van der Waals surface area contributed by atoms with Gasteiger partial charge in [0.2, 0.25) is 0 Å². The maximum Gasteiger partial charge on any atom is 0.255 e. The molecule has 0 aliphatic rings. The van der Waals surface area contributed by atoms with Crippen LogP contribution in [-0.4, -0.2) is 37.3 Å². The zero-order valence-electron chi connectivity index (χ0n) is 10.1. The molecule has 0 spiro atoms. The molecule has 0 unspecified atom stereocenters. The predicted octanol–water partition coefficient (Wildman–Crippen LogP) is 2.20. The van der Waals surface area contributed by atoms with Crippen LogP contribution in [0.1, 0.15) is 5.56 Å². The van der Waals surface area contributed by atoms with Crippen LogP contribution in [0.25, 0.3) is 0 Å². The fraction of sp³-hybridized carbons (Fsp3) is 0.364. The maximum absolute atomic E-state index is 12.4. The summed E-state index contributed by atoms with van der Waals surface area (Å²) in [6.07, 6.45) is -0.617. The van der Waals surface area contributed by atoms with Gasteiger partial charge >= 0.3 is 0 Å². The Morgan fingerprint density at radius 2 is 2.22 bits per heavy atom. The minimum atomic E-state index is -2.45. The monoisotopic (exact) mass is 275 g/mol. The smallest absolute Gasteiger partial charge is 0.255 e. The SMILES string of the molecule is CSc1cccc(N(C)CC(F)F)c1/C(N)=N/O. The molecular weight excluding hydrogens is 260 g/mol. The van der Waals surface area contributed by atoms with Gasteiger partial charge in [-0.15, -0.1) is 11.8 Å². The molecule has 0 fully saturated rings. The highest BCUT2D eigenvalue weighted by atomic mass is 32.2. The molecule has 18 heavy (non-hydrogen) atoms. The van der Waals surface area contributed by atoms with Gasteiger partial charge in [-0.2, -0.15) is 0 Å². The number of oxime groups is 1. The van der Waals surface area contributed by atoms with Gasteiger partial charge < -0.3 is 15.8 Å². The molecule has 0 aromatic heterocycles. The normalized spacial score (nSPS) is 11.9. The fourth-order valence-corrected chi connectivity index (χ4v) is 2.25. The van der Waals surface area contributed by atoms with E-state index in [4.69, 9.17) is 10.9 Å². The molecular formula is C11H15F2N3OS. The van der Waals surface area contributed by atoms with E-state index >= 15 is 0 Å². The summed E-state index contributed by atoms with van der Waals surface area (Å²) in [5.74, 6) is -0.0870. The molecule has 0 heterocycles. The molecule has 4 nitrogen and oxygen atoms in total. The first kappa shape index (κ1) is 14.6. The second-order valence-corrected chi connectivity index (χ2v) is 4.46. The van der Waals surface area contributed by atoms with E-state index in [0.29, 0.717) is 11.3 Å². The first-order valence-corrected chi connectivity index (χ1v) is 6.38. The van der Waals surface area contributed by atoms with Crippen molar-refractivity contribution in [1.29, 1.82) is 0 Å². The molecule has 0 atom stereocenters. The van der Waals surface area contributed by atoms with Crippen molar-refractivity contribution in [2.75, 3.05) is 24.7 Å². The van der Waals surface area contributed by atoms with Crippen LogP contribution in [0.3, 0.4) is 0 Å². The van der Waals surface area contributed by atoms with E-state index in [1.165, 1.54) is 16.7 Å². The molecule has 7 heteroatoms. The van der Waals surface area contributed by atoms with Gasteiger partial charge in [0.05, 0.1) is 12.1 Å². The number of anilines is 1. The second kappa shape index (κ2) is 6.44. The molecule has 0 amide bonds. The Balaban J connectivity index is 3.26. The van der Waals surface area contributed by atoms with Crippen LogP contribution < -0.4 is 10.6 Å². The third-order valence-electron chi connectivity index (χ3n) is 2.41. The van der Waals surface area contributed by atoms with Crippen LogP contribution in [-0.2, 0) is 0 Å². The summed E-state index contributed by atoms with van der Waals surface area (Å²) in [5.41, 5.74) is 6.59. The zero-order chi connectivity index (χ0) is 13.7. The van der Waals surface area contributed by atoms with Gasteiger partial charge in [0.1, 0.15) is 0 Å². The maximum atomic E-state index is 12.4. The first-order valence-electron chi connectivity index (χ1n) is 5.15. The third kappa shape index (κ3) is 3.25. The fourth-order valence-electron chi connectivity index (χ4n) is 1.62. The van der Waals surface area contributed by atoms with E-state index in [1.807, 2.05) is 6.26 Å². The summed E-state index contributed by atoms with van der Waals surface area (Å²) in [4.78, 5) is 2.15. The van der Waals surface area contributed by atoms with Crippen molar-refractivity contribution in [3.05, 3.63) is 23.8 Å². The summed E-state index contributed by atoms with van der Waals surface area (Å²) in [6.45, 7) is -0.413. The Bertz CT molecular complexity index is 440. The molecule has 0 saturated heterocycles. The molecule has 100 valence electrons. The number of alkyl halides is 2. The standard InChI is InChI=1S/C11H15F2N3OS/c1-16(6-9(12)13)7-4-3-5-8(18-2)10(7)11(14)15-17/h3-5,9,17H,6H2,1-2H3,(H2,14,15). The van der Waals surface area contributed by atoms with Crippen LogP contribution in [0.15, 0.2) is 28.3 Å². The van der Waals surface area contributed by atoms with Gasteiger partial charge in [0, 0.05) is 17.6 Å². The Morgan fingerprint density at radius 1 is 1.56 bits per heavy atom. The quantitative estimate of drug-likeness (QED) is 0.284. The van der Waals surface area contributed by atoms with Gasteiger partial charge in [0.15, 0.2) is 5.84 Å². The summed E-state index contributed by atoms with van der Waals surface area (Å²) in [5, 5.41) is 11.7. The highest BCUT2D eigenvalue weighted by Crippen LogP contribution is 2.29. The Morgan fingerprint density at radius 3 is 2.72 bits per heavy atom. The molecule has 1 rings (SSSR count). The third-order valence-corrected chi connectivity index (χ3v) is 3.19. The second-order valence-electron chi connectivity index (χ2n) is 3.61.